The van der Waals surface area contributed by atoms with Gasteiger partial charge in [0.25, 0.3) is 0 Å². The molecule has 3 nitrogen and oxygen atoms in total. The van der Waals surface area contributed by atoms with E-state index in [-0.39, 0.29) is 22.9 Å². The molecule has 0 amide bonds. The minimum Gasteiger partial charge on any atom is -0.511 e. The Bertz CT molecular complexity index is 518. The van der Waals surface area contributed by atoms with Crippen molar-refractivity contribution in [3.63, 3.8) is 0 Å². The van der Waals surface area contributed by atoms with Gasteiger partial charge in [-0.1, -0.05) is 32.9 Å². The van der Waals surface area contributed by atoms with Crippen molar-refractivity contribution in [2.45, 2.75) is 27.2 Å². The summed E-state index contributed by atoms with van der Waals surface area (Å²) >= 11 is 0. The fraction of sp³-hybridized carbons (Fsp3) is 0.438. The van der Waals surface area contributed by atoms with Gasteiger partial charge in [-0.25, -0.2) is 0 Å². The maximum atomic E-state index is 12.1. The van der Waals surface area contributed by atoms with E-state index in [9.17, 15) is 9.90 Å². The van der Waals surface area contributed by atoms with E-state index in [0.29, 0.717) is 12.0 Å². The van der Waals surface area contributed by atoms with Crippen LogP contribution in [0, 0.1) is 11.3 Å². The number of aliphatic hydroxyl groups is 1. The van der Waals surface area contributed by atoms with Crippen molar-refractivity contribution in [3.05, 3.63) is 35.6 Å². The predicted molar refractivity (Wildman–Crippen MR) is 75.1 cm³/mol. The molecule has 1 aromatic carbocycles. The summed E-state index contributed by atoms with van der Waals surface area (Å²) in [6.07, 6.45) is 0.386. The fourth-order valence-electron chi connectivity index (χ4n) is 2.48. The van der Waals surface area contributed by atoms with Gasteiger partial charge in [-0.15, -0.1) is 0 Å². The van der Waals surface area contributed by atoms with Crippen LogP contribution >= 0.6 is 0 Å². The second-order valence-corrected chi connectivity index (χ2v) is 6.03. The molecule has 1 aromatic rings. The summed E-state index contributed by atoms with van der Waals surface area (Å²) < 4.78 is 5.10. The lowest BCUT2D eigenvalue weighted by molar-refractivity contribution is -0.114. The third-order valence-corrected chi connectivity index (χ3v) is 3.68. The molecule has 2 rings (SSSR count). The number of ketones is 1. The van der Waals surface area contributed by atoms with Crippen molar-refractivity contribution in [2.24, 2.45) is 11.3 Å². The van der Waals surface area contributed by atoms with Crippen LogP contribution in [0.4, 0.5) is 0 Å². The van der Waals surface area contributed by atoms with E-state index in [1.807, 2.05) is 32.9 Å². The number of allylic oxidation sites excluding steroid dienone is 2. The Morgan fingerprint density at radius 1 is 1.21 bits per heavy atom. The van der Waals surface area contributed by atoms with E-state index in [4.69, 9.17) is 4.74 Å². The second kappa shape index (κ2) is 4.72. The fourth-order valence-corrected chi connectivity index (χ4v) is 2.48. The molecule has 102 valence electrons. The smallest absolute Gasteiger partial charge is 0.167 e. The summed E-state index contributed by atoms with van der Waals surface area (Å²) in [5.74, 6) is 0.879. The highest BCUT2D eigenvalue weighted by atomic mass is 16.5. The number of methoxy groups -OCH3 is 1. The van der Waals surface area contributed by atoms with Gasteiger partial charge in [0.05, 0.1) is 12.7 Å². The standard InChI is InChI=1S/C16H20O3/c1-16(2,3)12-9-13(17)14(15(12)18)10-5-7-11(19-4)8-6-10/h5-8,12,18H,9H2,1-4H3. The number of Topliss-reactive ketones (excluding diaryl/α,β-unsaturated/α-hetero) is 1. The summed E-state index contributed by atoms with van der Waals surface area (Å²) in [6, 6.07) is 7.22. The summed E-state index contributed by atoms with van der Waals surface area (Å²) in [6.45, 7) is 6.12. The van der Waals surface area contributed by atoms with Gasteiger partial charge >= 0.3 is 0 Å². The number of carbonyl (C=O) groups is 1. The van der Waals surface area contributed by atoms with Gasteiger partial charge in [-0.3, -0.25) is 4.79 Å². The normalized spacial score (nSPS) is 20.0. The van der Waals surface area contributed by atoms with Crippen molar-refractivity contribution < 1.29 is 14.6 Å². The van der Waals surface area contributed by atoms with E-state index < -0.39 is 0 Å². The highest BCUT2D eigenvalue weighted by molar-refractivity contribution is 6.23. The first-order chi connectivity index (χ1) is 8.84. The third-order valence-electron chi connectivity index (χ3n) is 3.68. The number of aliphatic hydroxyl groups excluding tert-OH is 1. The molecule has 1 aliphatic carbocycles. The molecule has 1 aliphatic rings. The third kappa shape index (κ3) is 2.50. The molecule has 0 aliphatic heterocycles. The number of rotatable bonds is 2. The lowest BCUT2D eigenvalue weighted by Gasteiger charge is -2.26. The second-order valence-electron chi connectivity index (χ2n) is 6.03. The molecule has 0 spiro atoms. The molecule has 0 fully saturated rings. The zero-order valence-corrected chi connectivity index (χ0v) is 11.9. The Balaban J connectivity index is 2.41. The number of hydrogen-bond donors (Lipinski definition) is 1. The van der Waals surface area contributed by atoms with E-state index in [1.165, 1.54) is 0 Å². The highest BCUT2D eigenvalue weighted by Gasteiger charge is 2.39. The molecular formula is C16H20O3. The minimum absolute atomic E-state index is 0.0163. The Morgan fingerprint density at radius 2 is 1.79 bits per heavy atom. The number of ether oxygens (including phenoxy) is 1. The van der Waals surface area contributed by atoms with Gasteiger partial charge in [-0.2, -0.15) is 0 Å². The van der Waals surface area contributed by atoms with Gasteiger partial charge in [0, 0.05) is 12.3 Å². The van der Waals surface area contributed by atoms with Crippen molar-refractivity contribution in [1.29, 1.82) is 0 Å². The first-order valence-electron chi connectivity index (χ1n) is 6.45. The van der Waals surface area contributed by atoms with E-state index in [2.05, 4.69) is 0 Å². The molecule has 0 saturated carbocycles. The van der Waals surface area contributed by atoms with Gasteiger partial charge in [0.15, 0.2) is 5.78 Å². The van der Waals surface area contributed by atoms with Gasteiger partial charge in [0.2, 0.25) is 0 Å². The molecule has 3 heteroatoms. The molecule has 0 radical (unpaired) electrons. The Labute approximate surface area is 113 Å². The lowest BCUT2D eigenvalue weighted by atomic mass is 9.79. The topological polar surface area (TPSA) is 46.5 Å². The lowest BCUT2D eigenvalue weighted by Crippen LogP contribution is -2.20. The molecule has 0 aromatic heterocycles. The van der Waals surface area contributed by atoms with Crippen LogP contribution in [0.1, 0.15) is 32.8 Å². The SMILES string of the molecule is COc1ccc(C2=C(O)C(C(C)(C)C)CC2=O)cc1. The maximum absolute atomic E-state index is 12.1. The van der Waals surface area contributed by atoms with Crippen molar-refractivity contribution >= 4 is 11.4 Å². The highest BCUT2D eigenvalue weighted by Crippen LogP contribution is 2.43. The van der Waals surface area contributed by atoms with Crippen molar-refractivity contribution in [2.75, 3.05) is 7.11 Å². The van der Waals surface area contributed by atoms with Crippen molar-refractivity contribution in [1.82, 2.24) is 0 Å². The number of benzene rings is 1. The molecule has 1 atom stereocenters. The molecule has 0 heterocycles. The molecule has 1 unspecified atom stereocenters. The summed E-state index contributed by atoms with van der Waals surface area (Å²) in [5.41, 5.74) is 1.10. The predicted octanol–water partition coefficient (Wildman–Crippen LogP) is 3.60. The summed E-state index contributed by atoms with van der Waals surface area (Å²) in [4.78, 5) is 12.1. The van der Waals surface area contributed by atoms with E-state index in [0.717, 1.165) is 11.3 Å². The minimum atomic E-state index is -0.117. The Kier molecular flexibility index (Phi) is 3.40. The van der Waals surface area contributed by atoms with E-state index in [1.54, 1.807) is 19.2 Å². The van der Waals surface area contributed by atoms with Gasteiger partial charge < -0.3 is 9.84 Å². The number of carbonyl (C=O) groups excluding carboxylic acids is 1. The van der Waals surface area contributed by atoms with Crippen LogP contribution in [0.5, 0.6) is 5.75 Å². The summed E-state index contributed by atoms with van der Waals surface area (Å²) in [5, 5.41) is 10.4. The quantitative estimate of drug-likeness (QED) is 0.883. The molecular weight excluding hydrogens is 240 g/mol. The average Bonchev–Trinajstić information content (AvgIpc) is 2.65. The first kappa shape index (κ1) is 13.7. The zero-order chi connectivity index (χ0) is 14.2. The van der Waals surface area contributed by atoms with Crippen LogP contribution in [0.25, 0.3) is 5.57 Å². The molecule has 0 saturated heterocycles. The van der Waals surface area contributed by atoms with Crippen LogP contribution in [0.15, 0.2) is 30.0 Å². The average molecular weight is 260 g/mol. The monoisotopic (exact) mass is 260 g/mol. The maximum Gasteiger partial charge on any atom is 0.167 e. The molecule has 0 bridgehead atoms. The summed E-state index contributed by atoms with van der Waals surface area (Å²) in [7, 11) is 1.60. The first-order valence-corrected chi connectivity index (χ1v) is 6.45. The largest absolute Gasteiger partial charge is 0.511 e. The Morgan fingerprint density at radius 3 is 2.21 bits per heavy atom. The molecule has 19 heavy (non-hydrogen) atoms. The van der Waals surface area contributed by atoms with Crippen LogP contribution in [0.3, 0.4) is 0 Å². The molecule has 1 N–H and O–H groups in total. The van der Waals surface area contributed by atoms with Crippen LogP contribution in [-0.4, -0.2) is 18.0 Å². The van der Waals surface area contributed by atoms with Crippen molar-refractivity contribution in [3.8, 4) is 5.75 Å². The van der Waals surface area contributed by atoms with Crippen LogP contribution in [-0.2, 0) is 4.79 Å². The van der Waals surface area contributed by atoms with Gasteiger partial charge in [-0.05, 0) is 23.1 Å². The van der Waals surface area contributed by atoms with Crippen LogP contribution < -0.4 is 4.74 Å². The van der Waals surface area contributed by atoms with Gasteiger partial charge in [0.1, 0.15) is 11.5 Å². The zero-order valence-electron chi connectivity index (χ0n) is 11.9. The number of hydrogen-bond acceptors (Lipinski definition) is 3. The van der Waals surface area contributed by atoms with Crippen LogP contribution in [0.2, 0.25) is 0 Å². The van der Waals surface area contributed by atoms with E-state index >= 15 is 0 Å². The Hall–Kier alpha value is -1.77.